The van der Waals surface area contributed by atoms with Gasteiger partial charge < -0.3 is 10.6 Å². The summed E-state index contributed by atoms with van der Waals surface area (Å²) < 4.78 is 67.3. The molecule has 0 aliphatic carbocycles. The molecule has 0 radical (unpaired) electrons. The van der Waals surface area contributed by atoms with Crippen LogP contribution in [0.3, 0.4) is 0 Å². The fraction of sp³-hybridized carbons (Fsp3) is 0.0417. The van der Waals surface area contributed by atoms with Gasteiger partial charge in [0, 0.05) is 21.8 Å². The molecule has 1 aromatic heterocycles. The van der Waals surface area contributed by atoms with E-state index in [0.29, 0.717) is 11.3 Å². The Morgan fingerprint density at radius 1 is 0.800 bits per heavy atom. The van der Waals surface area contributed by atoms with E-state index in [1.54, 1.807) is 48.5 Å². The van der Waals surface area contributed by atoms with Crippen LogP contribution in [-0.4, -0.2) is 14.4 Å². The van der Waals surface area contributed by atoms with E-state index in [9.17, 15) is 26.4 Å². The lowest BCUT2D eigenvalue weighted by Gasteiger charge is -2.15. The Labute approximate surface area is 203 Å². The van der Waals surface area contributed by atoms with E-state index >= 15 is 0 Å². The van der Waals surface area contributed by atoms with Gasteiger partial charge in [-0.25, -0.2) is 13.2 Å². The molecule has 0 aliphatic heterocycles. The third-order valence-corrected chi connectivity index (χ3v) is 7.09. The number of sulfonamides is 1. The highest BCUT2D eigenvalue weighted by Crippen LogP contribution is 2.34. The second-order valence-electron chi connectivity index (χ2n) is 7.31. The van der Waals surface area contributed by atoms with Crippen LogP contribution in [0.5, 0.6) is 0 Å². The number of carbonyl (C=O) groups excluding carboxylic acids is 1. The number of amides is 2. The highest BCUT2D eigenvalue weighted by molar-refractivity contribution is 7.92. The van der Waals surface area contributed by atoms with Crippen LogP contribution in [0.1, 0.15) is 5.56 Å². The minimum absolute atomic E-state index is 0.0653. The van der Waals surface area contributed by atoms with Crippen molar-refractivity contribution in [1.82, 2.24) is 0 Å². The zero-order valence-electron chi connectivity index (χ0n) is 17.8. The number of hydrogen-bond donors (Lipinski definition) is 3. The first-order chi connectivity index (χ1) is 16.6. The zero-order chi connectivity index (χ0) is 25.1. The lowest BCUT2D eigenvalue weighted by molar-refractivity contribution is -0.137. The number of rotatable bonds is 6. The molecule has 2 amide bonds. The Morgan fingerprint density at radius 3 is 2.23 bits per heavy atom. The minimum Gasteiger partial charge on any atom is -0.308 e. The summed E-state index contributed by atoms with van der Waals surface area (Å²) in [6.45, 7) is 0. The largest absolute Gasteiger partial charge is 0.416 e. The number of benzene rings is 3. The Hall–Kier alpha value is -3.83. The van der Waals surface area contributed by atoms with Gasteiger partial charge in [-0.05, 0) is 53.9 Å². The van der Waals surface area contributed by atoms with Crippen LogP contribution in [0.25, 0.3) is 10.4 Å². The first-order valence-electron chi connectivity index (χ1n) is 10.1. The molecule has 0 aliphatic rings. The van der Waals surface area contributed by atoms with Crippen molar-refractivity contribution in [3.05, 3.63) is 95.9 Å². The van der Waals surface area contributed by atoms with E-state index in [-0.39, 0.29) is 16.3 Å². The van der Waals surface area contributed by atoms with Crippen molar-refractivity contribution in [3.63, 3.8) is 0 Å². The standard InChI is InChI=1S/C24H18F3N3O3S2/c25-24(26,27)16-6-4-9-18(14-16)28-23(31)29-21-15-19(11-12-20(21)22-10-5-13-34-22)35(32,33)30-17-7-2-1-3-8-17/h1-15,30H,(H2,28,29,31). The average molecular weight is 518 g/mol. The molecular formula is C24H18F3N3O3S2. The number of halogens is 3. The van der Waals surface area contributed by atoms with Crippen LogP contribution >= 0.6 is 11.3 Å². The van der Waals surface area contributed by atoms with E-state index in [2.05, 4.69) is 15.4 Å². The molecule has 0 atom stereocenters. The minimum atomic E-state index is -4.56. The maximum Gasteiger partial charge on any atom is 0.416 e. The molecule has 35 heavy (non-hydrogen) atoms. The van der Waals surface area contributed by atoms with E-state index in [1.807, 2.05) is 5.38 Å². The average Bonchev–Trinajstić information content (AvgIpc) is 3.34. The zero-order valence-corrected chi connectivity index (χ0v) is 19.5. The van der Waals surface area contributed by atoms with Crippen molar-refractivity contribution in [2.45, 2.75) is 11.1 Å². The first-order valence-corrected chi connectivity index (χ1v) is 12.5. The van der Waals surface area contributed by atoms with Crippen LogP contribution in [0.4, 0.5) is 35.0 Å². The van der Waals surface area contributed by atoms with E-state index in [4.69, 9.17) is 0 Å². The second kappa shape index (κ2) is 9.80. The number of para-hydroxylation sites is 1. The number of alkyl halides is 3. The molecule has 3 aromatic carbocycles. The Morgan fingerprint density at radius 2 is 1.54 bits per heavy atom. The molecule has 4 rings (SSSR count). The molecule has 0 saturated heterocycles. The number of urea groups is 1. The van der Waals surface area contributed by atoms with Crippen LogP contribution in [0.2, 0.25) is 0 Å². The number of thiophene rings is 1. The molecule has 0 fully saturated rings. The van der Waals surface area contributed by atoms with Crippen molar-refractivity contribution in [2.75, 3.05) is 15.4 Å². The number of hydrogen-bond acceptors (Lipinski definition) is 4. The molecular weight excluding hydrogens is 499 g/mol. The normalized spacial score (nSPS) is 11.6. The SMILES string of the molecule is O=C(Nc1cccc(C(F)(F)F)c1)Nc1cc(S(=O)(=O)Nc2ccccc2)ccc1-c1cccs1. The predicted molar refractivity (Wildman–Crippen MR) is 131 cm³/mol. The van der Waals surface area contributed by atoms with Gasteiger partial charge in [-0.1, -0.05) is 36.4 Å². The molecule has 0 bridgehead atoms. The maximum absolute atomic E-state index is 13.0. The fourth-order valence-electron chi connectivity index (χ4n) is 3.22. The van der Waals surface area contributed by atoms with Crippen molar-refractivity contribution in [2.24, 2.45) is 0 Å². The van der Waals surface area contributed by atoms with Gasteiger partial charge in [-0.3, -0.25) is 4.72 Å². The Kier molecular flexibility index (Phi) is 6.81. The van der Waals surface area contributed by atoms with E-state index in [0.717, 1.165) is 17.0 Å². The first kappa shape index (κ1) is 24.3. The van der Waals surface area contributed by atoms with Crippen LogP contribution < -0.4 is 15.4 Å². The quantitative estimate of drug-likeness (QED) is 0.261. The summed E-state index contributed by atoms with van der Waals surface area (Å²) in [6.07, 6.45) is -4.56. The van der Waals surface area contributed by atoms with Crippen molar-refractivity contribution in [3.8, 4) is 10.4 Å². The van der Waals surface area contributed by atoms with Gasteiger partial charge in [0.2, 0.25) is 0 Å². The van der Waals surface area contributed by atoms with Crippen LogP contribution in [-0.2, 0) is 16.2 Å². The van der Waals surface area contributed by atoms with Gasteiger partial charge in [0.25, 0.3) is 10.0 Å². The van der Waals surface area contributed by atoms with Gasteiger partial charge >= 0.3 is 12.2 Å². The second-order valence-corrected chi connectivity index (χ2v) is 9.94. The molecule has 6 nitrogen and oxygen atoms in total. The lowest BCUT2D eigenvalue weighted by Crippen LogP contribution is -2.21. The van der Waals surface area contributed by atoms with E-state index in [1.165, 1.54) is 35.6 Å². The summed E-state index contributed by atoms with van der Waals surface area (Å²) in [4.78, 5) is 13.3. The molecule has 3 N–H and O–H groups in total. The number of carbonyl (C=O) groups is 1. The third kappa shape index (κ3) is 6.00. The van der Waals surface area contributed by atoms with Gasteiger partial charge in [-0.15, -0.1) is 11.3 Å². The summed E-state index contributed by atoms with van der Waals surface area (Å²) in [7, 11) is -3.98. The highest BCUT2D eigenvalue weighted by atomic mass is 32.2. The topological polar surface area (TPSA) is 87.3 Å². The molecule has 4 aromatic rings. The maximum atomic E-state index is 13.0. The monoisotopic (exact) mass is 517 g/mol. The summed E-state index contributed by atoms with van der Waals surface area (Å²) in [6, 6.07) is 19.6. The van der Waals surface area contributed by atoms with Gasteiger partial charge in [0.05, 0.1) is 16.1 Å². The fourth-order valence-corrected chi connectivity index (χ4v) is 5.07. The molecule has 0 spiro atoms. The summed E-state index contributed by atoms with van der Waals surface area (Å²) in [5, 5.41) is 6.75. The summed E-state index contributed by atoms with van der Waals surface area (Å²) >= 11 is 1.38. The van der Waals surface area contributed by atoms with Gasteiger partial charge in [0.15, 0.2) is 0 Å². The number of nitrogens with one attached hydrogen (secondary N) is 3. The third-order valence-electron chi connectivity index (χ3n) is 4.81. The van der Waals surface area contributed by atoms with Crippen molar-refractivity contribution >= 4 is 44.5 Å². The van der Waals surface area contributed by atoms with Crippen molar-refractivity contribution in [1.29, 1.82) is 0 Å². The smallest absolute Gasteiger partial charge is 0.308 e. The Bertz CT molecular complexity index is 1440. The van der Waals surface area contributed by atoms with Crippen LogP contribution in [0.15, 0.2) is 95.2 Å². The van der Waals surface area contributed by atoms with Crippen molar-refractivity contribution < 1.29 is 26.4 Å². The number of anilines is 3. The highest BCUT2D eigenvalue weighted by Gasteiger charge is 2.30. The molecule has 0 saturated carbocycles. The molecule has 1 heterocycles. The molecule has 180 valence electrons. The molecule has 11 heteroatoms. The van der Waals surface area contributed by atoms with E-state index < -0.39 is 27.8 Å². The van der Waals surface area contributed by atoms with Gasteiger partial charge in [-0.2, -0.15) is 13.2 Å². The Balaban J connectivity index is 1.63. The van der Waals surface area contributed by atoms with Crippen LogP contribution in [0, 0.1) is 0 Å². The summed E-state index contributed by atoms with van der Waals surface area (Å²) in [5.41, 5.74) is 0.122. The predicted octanol–water partition coefficient (Wildman–Crippen LogP) is 6.88. The summed E-state index contributed by atoms with van der Waals surface area (Å²) in [5.74, 6) is 0. The lowest BCUT2D eigenvalue weighted by atomic mass is 10.1. The van der Waals surface area contributed by atoms with Gasteiger partial charge in [0.1, 0.15) is 0 Å². The molecule has 0 unspecified atom stereocenters.